The summed E-state index contributed by atoms with van der Waals surface area (Å²) in [7, 11) is 2.04. The molecular formula is C31H36ClN7O11S. The second-order valence-corrected chi connectivity index (χ2v) is 13.7. The minimum absolute atomic E-state index is 0.0873. The van der Waals surface area contributed by atoms with Gasteiger partial charge in [-0.2, -0.15) is 0 Å². The van der Waals surface area contributed by atoms with Gasteiger partial charge in [0.15, 0.2) is 10.6 Å². The van der Waals surface area contributed by atoms with Gasteiger partial charge in [0.25, 0.3) is 5.91 Å². The summed E-state index contributed by atoms with van der Waals surface area (Å²) in [6.45, 7) is 3.39. The van der Waals surface area contributed by atoms with Gasteiger partial charge in [0, 0.05) is 54.0 Å². The molecule has 1 saturated carbocycles. The van der Waals surface area contributed by atoms with E-state index in [0.29, 0.717) is 46.8 Å². The number of hydrogen-bond donors (Lipinski definition) is 7. The molecule has 51 heavy (non-hydrogen) atoms. The van der Waals surface area contributed by atoms with Crippen LogP contribution in [0.15, 0.2) is 28.7 Å². The summed E-state index contributed by atoms with van der Waals surface area (Å²) in [6, 6.07) is 5.53. The average molecular weight is 750 g/mol. The zero-order valence-corrected chi connectivity index (χ0v) is 29.0. The number of carboxylic acids is 3. The van der Waals surface area contributed by atoms with E-state index in [9.17, 15) is 28.8 Å². The number of rotatable bonds is 10. The molecule has 3 aromatic rings. The number of aromatic nitrogens is 3. The van der Waals surface area contributed by atoms with Gasteiger partial charge < -0.3 is 45.7 Å². The van der Waals surface area contributed by atoms with Crippen LogP contribution in [0, 0.1) is 6.92 Å². The van der Waals surface area contributed by atoms with E-state index in [1.807, 2.05) is 7.05 Å². The Bertz CT molecular complexity index is 1760. The monoisotopic (exact) mass is 749 g/mol. The van der Waals surface area contributed by atoms with E-state index in [1.165, 1.54) is 11.3 Å². The highest BCUT2D eigenvalue weighted by atomic mass is 35.5. The molecule has 3 atom stereocenters. The largest absolute Gasteiger partial charge is 0.481 e. The Balaban J connectivity index is 0.000000383. The summed E-state index contributed by atoms with van der Waals surface area (Å²) in [5, 5.41) is 51.2. The molecule has 274 valence electrons. The van der Waals surface area contributed by atoms with Crippen molar-refractivity contribution >= 4 is 64.3 Å². The average Bonchev–Trinajstić information content (AvgIpc) is 3.68. The van der Waals surface area contributed by atoms with Crippen LogP contribution < -0.4 is 16.0 Å². The third kappa shape index (κ3) is 10.8. The number of aliphatic carboxylic acids is 3. The maximum absolute atomic E-state index is 13.3. The predicted octanol–water partition coefficient (Wildman–Crippen LogP) is 1.42. The number of carbonyl (C=O) groups is 6. The van der Waals surface area contributed by atoms with Gasteiger partial charge in [-0.05, 0) is 50.6 Å². The standard InChI is InChI=1S/C25H28ClN7O4S.C6H8O7/c1-13-31-32-24(37-13)14-3-8-17(28-22(35)21(34)27-16-6-4-15(26)5-7-16)19(11-14)29-23(36)25-30-18-9-10-33(2)12-20(18)38-25;7-3(8)1-6(13,5(11)12)2-4(9)10/h4-7,14,17,19H,3,8-12H2,1-2H3,(H,27,34)(H,28,35)(H,29,36);13H,1-2H2,(H,7,8)(H,9,10)(H,11,12)/t14-,17-,19+;/m0./s1. The molecule has 1 aliphatic heterocycles. The lowest BCUT2D eigenvalue weighted by molar-refractivity contribution is -0.170. The van der Waals surface area contributed by atoms with Crippen molar-refractivity contribution in [2.45, 2.75) is 75.6 Å². The second-order valence-electron chi connectivity index (χ2n) is 12.1. The minimum atomic E-state index is -2.74. The molecule has 2 aliphatic rings. The molecule has 0 unspecified atom stereocenters. The van der Waals surface area contributed by atoms with Crippen molar-refractivity contribution in [3.05, 3.63) is 56.6 Å². The molecule has 3 amide bonds. The Morgan fingerprint density at radius 2 is 1.65 bits per heavy atom. The summed E-state index contributed by atoms with van der Waals surface area (Å²) >= 11 is 7.28. The second kappa shape index (κ2) is 16.8. The number of carbonyl (C=O) groups excluding carboxylic acids is 3. The lowest BCUT2D eigenvalue weighted by atomic mass is 9.82. The first-order chi connectivity index (χ1) is 24.0. The van der Waals surface area contributed by atoms with E-state index in [0.717, 1.165) is 30.1 Å². The highest BCUT2D eigenvalue weighted by Crippen LogP contribution is 2.33. The fraction of sp³-hybridized carbons (Fsp3) is 0.452. The summed E-state index contributed by atoms with van der Waals surface area (Å²) < 4.78 is 5.64. The van der Waals surface area contributed by atoms with Gasteiger partial charge in [0.1, 0.15) is 0 Å². The van der Waals surface area contributed by atoms with Gasteiger partial charge in [0.05, 0.1) is 24.6 Å². The molecule has 18 nitrogen and oxygen atoms in total. The number of thiazole rings is 1. The molecule has 0 radical (unpaired) electrons. The minimum Gasteiger partial charge on any atom is -0.481 e. The molecule has 7 N–H and O–H groups in total. The van der Waals surface area contributed by atoms with E-state index < -0.39 is 60.2 Å². The normalized spacial score (nSPS) is 18.7. The summed E-state index contributed by atoms with van der Waals surface area (Å²) in [6.07, 6.45) is 0.138. The highest BCUT2D eigenvalue weighted by Gasteiger charge is 2.41. The maximum Gasteiger partial charge on any atom is 0.336 e. The number of hydrogen-bond acceptors (Lipinski definition) is 13. The Hall–Kier alpha value is -4.98. The van der Waals surface area contributed by atoms with E-state index in [4.69, 9.17) is 36.4 Å². The van der Waals surface area contributed by atoms with Crippen molar-refractivity contribution in [1.82, 2.24) is 30.7 Å². The van der Waals surface area contributed by atoms with Crippen LogP contribution in [0.5, 0.6) is 0 Å². The topological polar surface area (TPSA) is 274 Å². The van der Waals surface area contributed by atoms with Crippen LogP contribution in [0.4, 0.5) is 5.69 Å². The SMILES string of the molecule is Cc1nnc([C@H]2CC[C@H](NC(=O)C(=O)Nc3ccc(Cl)cc3)[C@H](NC(=O)c3nc4c(s3)CN(C)CC4)C2)o1.O=C(O)CC(O)(CC(=O)O)C(=O)O. The summed E-state index contributed by atoms with van der Waals surface area (Å²) in [4.78, 5) is 77.0. The van der Waals surface area contributed by atoms with E-state index in [1.54, 1.807) is 31.2 Å². The number of benzene rings is 1. The summed E-state index contributed by atoms with van der Waals surface area (Å²) in [5.74, 6) is -6.03. The molecule has 1 aliphatic carbocycles. The Kier molecular flexibility index (Phi) is 12.8. The molecule has 1 aromatic carbocycles. The van der Waals surface area contributed by atoms with E-state index in [-0.39, 0.29) is 11.8 Å². The number of aliphatic hydroxyl groups is 1. The van der Waals surface area contributed by atoms with Gasteiger partial charge in [0.2, 0.25) is 11.8 Å². The van der Waals surface area contributed by atoms with Crippen molar-refractivity contribution in [2.75, 3.05) is 18.9 Å². The molecule has 0 saturated heterocycles. The number of carboxylic acid groups (broad SMARTS) is 3. The molecule has 0 bridgehead atoms. The highest BCUT2D eigenvalue weighted by molar-refractivity contribution is 7.13. The lowest BCUT2D eigenvalue weighted by Gasteiger charge is -2.35. The van der Waals surface area contributed by atoms with Crippen LogP contribution in [0.2, 0.25) is 5.02 Å². The zero-order valence-electron chi connectivity index (χ0n) is 27.4. The summed E-state index contributed by atoms with van der Waals surface area (Å²) in [5.41, 5.74) is -1.32. The van der Waals surface area contributed by atoms with Gasteiger partial charge in [-0.1, -0.05) is 11.6 Å². The Morgan fingerprint density at radius 1 is 0.980 bits per heavy atom. The molecule has 0 spiro atoms. The van der Waals surface area contributed by atoms with Crippen LogP contribution in [0.25, 0.3) is 0 Å². The number of nitrogens with zero attached hydrogens (tertiary/aromatic N) is 4. The number of likely N-dealkylation sites (N-methyl/N-ethyl adjacent to an activating group) is 1. The van der Waals surface area contributed by atoms with Crippen LogP contribution in [0.3, 0.4) is 0 Å². The number of amides is 3. The molecule has 2 aromatic heterocycles. The first-order valence-electron chi connectivity index (χ1n) is 15.6. The lowest BCUT2D eigenvalue weighted by Crippen LogP contribution is -2.56. The van der Waals surface area contributed by atoms with Crippen LogP contribution in [-0.2, 0) is 36.9 Å². The fourth-order valence-electron chi connectivity index (χ4n) is 5.52. The number of fused-ring (bicyclic) bond motifs is 1. The number of nitrogens with one attached hydrogen (secondary N) is 3. The first kappa shape index (κ1) is 38.8. The van der Waals surface area contributed by atoms with Crippen LogP contribution in [0.1, 0.15) is 70.2 Å². The fourth-order valence-corrected chi connectivity index (χ4v) is 6.74. The van der Waals surface area contributed by atoms with Gasteiger partial charge in [-0.3, -0.25) is 24.0 Å². The van der Waals surface area contributed by atoms with Crippen LogP contribution >= 0.6 is 22.9 Å². The van der Waals surface area contributed by atoms with E-state index >= 15 is 0 Å². The van der Waals surface area contributed by atoms with Crippen molar-refractivity contribution < 1.29 is 53.6 Å². The van der Waals surface area contributed by atoms with Crippen molar-refractivity contribution in [3.8, 4) is 0 Å². The number of aryl methyl sites for hydroxylation is 1. The third-order valence-electron chi connectivity index (χ3n) is 8.08. The Labute approximate surface area is 299 Å². The van der Waals surface area contributed by atoms with Gasteiger partial charge in [-0.15, -0.1) is 21.5 Å². The van der Waals surface area contributed by atoms with Crippen molar-refractivity contribution in [2.24, 2.45) is 0 Å². The smallest absolute Gasteiger partial charge is 0.336 e. The van der Waals surface area contributed by atoms with Gasteiger partial charge >= 0.3 is 29.7 Å². The molecule has 3 heterocycles. The quantitative estimate of drug-likeness (QED) is 0.144. The number of anilines is 1. The molecule has 20 heteroatoms. The Morgan fingerprint density at radius 3 is 2.24 bits per heavy atom. The molecule has 1 fully saturated rings. The third-order valence-corrected chi connectivity index (χ3v) is 9.42. The van der Waals surface area contributed by atoms with Crippen molar-refractivity contribution in [3.63, 3.8) is 0 Å². The van der Waals surface area contributed by atoms with Crippen molar-refractivity contribution in [1.29, 1.82) is 0 Å². The van der Waals surface area contributed by atoms with Crippen LogP contribution in [-0.4, -0.2) is 107 Å². The molecule has 5 rings (SSSR count). The number of halogens is 1. The van der Waals surface area contributed by atoms with E-state index in [2.05, 4.69) is 36.0 Å². The first-order valence-corrected chi connectivity index (χ1v) is 16.8. The zero-order chi connectivity index (χ0) is 37.5. The predicted molar refractivity (Wildman–Crippen MR) is 178 cm³/mol. The molecular weight excluding hydrogens is 714 g/mol. The maximum atomic E-state index is 13.3. The van der Waals surface area contributed by atoms with Gasteiger partial charge in [-0.25, -0.2) is 9.78 Å².